The number of aromatic nitrogens is 2. The monoisotopic (exact) mass is 446 g/mol. The van der Waals surface area contributed by atoms with Crippen molar-refractivity contribution in [3.63, 3.8) is 0 Å². The van der Waals surface area contributed by atoms with Gasteiger partial charge < -0.3 is 9.80 Å². The van der Waals surface area contributed by atoms with E-state index in [1.807, 2.05) is 58.5 Å². The molecule has 0 fully saturated rings. The zero-order chi connectivity index (χ0) is 23.9. The van der Waals surface area contributed by atoms with E-state index in [0.29, 0.717) is 0 Å². The van der Waals surface area contributed by atoms with Crippen LogP contribution in [-0.2, 0) is 0 Å². The van der Waals surface area contributed by atoms with Crippen LogP contribution in [0.1, 0.15) is 22.5 Å². The second kappa shape index (κ2) is 10.6. The van der Waals surface area contributed by atoms with E-state index in [2.05, 4.69) is 98.9 Å². The first-order valence-electron chi connectivity index (χ1n) is 11.3. The first-order valence-corrected chi connectivity index (χ1v) is 11.3. The minimum atomic E-state index is 0.822. The van der Waals surface area contributed by atoms with Gasteiger partial charge in [-0.15, -0.1) is 5.10 Å². The average molecular weight is 447 g/mol. The van der Waals surface area contributed by atoms with Gasteiger partial charge in [-0.3, -0.25) is 0 Å². The lowest BCUT2D eigenvalue weighted by atomic mass is 10.0. The number of anilines is 2. The normalized spacial score (nSPS) is 11.3. The van der Waals surface area contributed by atoms with Gasteiger partial charge in [0.25, 0.3) is 0 Å². The zero-order valence-corrected chi connectivity index (χ0v) is 20.2. The van der Waals surface area contributed by atoms with E-state index in [1.54, 1.807) is 0 Å². The summed E-state index contributed by atoms with van der Waals surface area (Å²) >= 11 is 0. The van der Waals surface area contributed by atoms with Crippen LogP contribution < -0.4 is 9.80 Å². The minimum Gasteiger partial charge on any atom is -0.378 e. The van der Waals surface area contributed by atoms with Gasteiger partial charge in [-0.1, -0.05) is 66.7 Å². The Balaban J connectivity index is 1.62. The van der Waals surface area contributed by atoms with Gasteiger partial charge in [0, 0.05) is 45.1 Å². The Kier molecular flexibility index (Phi) is 7.19. The van der Waals surface area contributed by atoms with E-state index in [0.717, 1.165) is 33.6 Å². The third-order valence-corrected chi connectivity index (χ3v) is 5.63. The molecule has 0 aliphatic heterocycles. The lowest BCUT2D eigenvalue weighted by Crippen LogP contribution is -2.07. The summed E-state index contributed by atoms with van der Waals surface area (Å²) in [6.07, 6.45) is 8.20. The van der Waals surface area contributed by atoms with Crippen LogP contribution in [0.2, 0.25) is 0 Å². The van der Waals surface area contributed by atoms with Gasteiger partial charge in [0.05, 0.1) is 11.4 Å². The van der Waals surface area contributed by atoms with Crippen molar-refractivity contribution in [1.82, 2.24) is 10.2 Å². The smallest absolute Gasteiger partial charge is 0.0936 e. The third-order valence-electron chi connectivity index (χ3n) is 5.63. The predicted octanol–water partition coefficient (Wildman–Crippen LogP) is 6.62. The van der Waals surface area contributed by atoms with Gasteiger partial charge >= 0.3 is 0 Å². The minimum absolute atomic E-state index is 0.822. The van der Waals surface area contributed by atoms with E-state index in [1.165, 1.54) is 11.4 Å². The molecule has 34 heavy (non-hydrogen) atoms. The third kappa shape index (κ3) is 5.78. The molecule has 0 bridgehead atoms. The summed E-state index contributed by atoms with van der Waals surface area (Å²) in [4.78, 5) is 4.18. The van der Waals surface area contributed by atoms with Crippen LogP contribution in [0.15, 0.2) is 84.9 Å². The van der Waals surface area contributed by atoms with Crippen molar-refractivity contribution in [2.45, 2.75) is 0 Å². The summed E-state index contributed by atoms with van der Waals surface area (Å²) in [7, 11) is 8.17. The highest BCUT2D eigenvalue weighted by Crippen LogP contribution is 2.25. The fourth-order valence-electron chi connectivity index (χ4n) is 3.59. The highest BCUT2D eigenvalue weighted by molar-refractivity contribution is 5.81. The lowest BCUT2D eigenvalue weighted by Gasteiger charge is -2.12. The van der Waals surface area contributed by atoms with Crippen molar-refractivity contribution < 1.29 is 0 Å². The fraction of sp³-hybridized carbons (Fsp3) is 0.133. The van der Waals surface area contributed by atoms with Crippen molar-refractivity contribution in [1.29, 1.82) is 0 Å². The molecule has 0 atom stereocenters. The Morgan fingerprint density at radius 1 is 0.559 bits per heavy atom. The largest absolute Gasteiger partial charge is 0.378 e. The molecule has 0 unspecified atom stereocenters. The molecule has 170 valence electrons. The molecule has 0 aliphatic carbocycles. The zero-order valence-electron chi connectivity index (χ0n) is 20.2. The molecule has 0 spiro atoms. The molecule has 0 amide bonds. The van der Waals surface area contributed by atoms with Gasteiger partial charge in [0.2, 0.25) is 0 Å². The van der Waals surface area contributed by atoms with E-state index in [-0.39, 0.29) is 0 Å². The molecule has 4 heteroatoms. The number of hydrogen-bond donors (Lipinski definition) is 0. The molecule has 0 radical (unpaired) electrons. The van der Waals surface area contributed by atoms with E-state index < -0.39 is 0 Å². The van der Waals surface area contributed by atoms with Gasteiger partial charge in [0.15, 0.2) is 0 Å². The summed E-state index contributed by atoms with van der Waals surface area (Å²) in [6, 6.07) is 29.3. The highest BCUT2D eigenvalue weighted by atomic mass is 15.1. The summed E-state index contributed by atoms with van der Waals surface area (Å²) < 4.78 is 0. The summed E-state index contributed by atoms with van der Waals surface area (Å²) in [5.74, 6) is 0. The van der Waals surface area contributed by atoms with Crippen molar-refractivity contribution >= 4 is 35.7 Å². The molecule has 3 aromatic carbocycles. The Morgan fingerprint density at radius 2 is 1.09 bits per heavy atom. The van der Waals surface area contributed by atoms with Gasteiger partial charge in [-0.2, -0.15) is 5.10 Å². The van der Waals surface area contributed by atoms with Crippen LogP contribution in [0.4, 0.5) is 11.4 Å². The molecule has 0 aliphatic rings. The number of hydrogen-bond acceptors (Lipinski definition) is 4. The van der Waals surface area contributed by atoms with E-state index in [4.69, 9.17) is 0 Å². The molecule has 4 aromatic rings. The molecular formula is C30H30N4. The van der Waals surface area contributed by atoms with Crippen molar-refractivity contribution in [2.24, 2.45) is 0 Å². The first-order chi connectivity index (χ1) is 16.5. The molecule has 4 nitrogen and oxygen atoms in total. The van der Waals surface area contributed by atoms with Crippen LogP contribution in [0, 0.1) is 0 Å². The molecule has 4 rings (SSSR count). The average Bonchev–Trinajstić information content (AvgIpc) is 2.87. The molecule has 1 aromatic heterocycles. The maximum atomic E-state index is 4.56. The van der Waals surface area contributed by atoms with Crippen LogP contribution in [0.5, 0.6) is 0 Å². The van der Waals surface area contributed by atoms with E-state index >= 15 is 0 Å². The number of benzene rings is 3. The summed E-state index contributed by atoms with van der Waals surface area (Å²) in [6.45, 7) is 0. The predicted molar refractivity (Wildman–Crippen MR) is 147 cm³/mol. The fourth-order valence-corrected chi connectivity index (χ4v) is 3.59. The maximum Gasteiger partial charge on any atom is 0.0936 e. The standard InChI is InChI=1S/C30H30N4/c1-33(2)27-17-11-23(12-18-27)10-16-26-22-29(25-8-6-5-7-9-25)30(32-31-26)21-15-24-13-19-28(20-14-24)34(3)4/h5-22H,1-4H3/b16-10+,21-15+. The summed E-state index contributed by atoms with van der Waals surface area (Å²) in [5.41, 5.74) is 8.43. The number of nitrogens with zero attached hydrogens (tertiary/aromatic N) is 4. The lowest BCUT2D eigenvalue weighted by molar-refractivity contribution is 1.01. The van der Waals surface area contributed by atoms with E-state index in [9.17, 15) is 0 Å². The summed E-state index contributed by atoms with van der Waals surface area (Å²) in [5, 5.41) is 9.03. The Bertz CT molecular complexity index is 1270. The van der Waals surface area contributed by atoms with Crippen molar-refractivity contribution in [3.8, 4) is 11.1 Å². The second-order valence-electron chi connectivity index (χ2n) is 8.57. The van der Waals surface area contributed by atoms with Crippen molar-refractivity contribution in [3.05, 3.63) is 107 Å². The van der Waals surface area contributed by atoms with Crippen LogP contribution in [0.3, 0.4) is 0 Å². The molecular weight excluding hydrogens is 416 g/mol. The van der Waals surface area contributed by atoms with Crippen LogP contribution in [-0.4, -0.2) is 38.4 Å². The van der Waals surface area contributed by atoms with Crippen LogP contribution >= 0.6 is 0 Å². The van der Waals surface area contributed by atoms with Gasteiger partial charge in [-0.05, 0) is 59.2 Å². The quantitative estimate of drug-likeness (QED) is 0.319. The topological polar surface area (TPSA) is 32.3 Å². The SMILES string of the molecule is CN(C)c1ccc(/C=C/c2cc(-c3ccccc3)c(/C=C/c3ccc(N(C)C)cc3)nn2)cc1. The van der Waals surface area contributed by atoms with Crippen LogP contribution in [0.25, 0.3) is 35.4 Å². The molecule has 1 heterocycles. The number of rotatable bonds is 7. The Labute approximate surface area is 202 Å². The molecule has 0 N–H and O–H groups in total. The molecule has 0 saturated heterocycles. The molecule has 0 saturated carbocycles. The van der Waals surface area contributed by atoms with Crippen molar-refractivity contribution in [2.75, 3.05) is 38.0 Å². The Morgan fingerprint density at radius 3 is 1.62 bits per heavy atom. The highest BCUT2D eigenvalue weighted by Gasteiger charge is 2.07. The Hall–Kier alpha value is -4.18. The first kappa shape index (κ1) is 23.0. The maximum absolute atomic E-state index is 4.56. The second-order valence-corrected chi connectivity index (χ2v) is 8.57. The van der Waals surface area contributed by atoms with Gasteiger partial charge in [0.1, 0.15) is 0 Å². The van der Waals surface area contributed by atoms with Gasteiger partial charge in [-0.25, -0.2) is 0 Å².